The number of rotatable bonds is 2. The van der Waals surface area contributed by atoms with E-state index in [9.17, 15) is 9.50 Å². The second-order valence-electron chi connectivity index (χ2n) is 4.58. The SMILES string of the molecule is CN(C)c1ccc(-c2nc3ccc(F)nc3s2)cc1O. The van der Waals surface area contributed by atoms with E-state index in [0.717, 1.165) is 11.3 Å². The summed E-state index contributed by atoms with van der Waals surface area (Å²) in [6.07, 6.45) is 0. The van der Waals surface area contributed by atoms with Gasteiger partial charge in [-0.3, -0.25) is 0 Å². The minimum Gasteiger partial charge on any atom is -0.506 e. The van der Waals surface area contributed by atoms with Crippen LogP contribution in [0.3, 0.4) is 0 Å². The molecule has 20 heavy (non-hydrogen) atoms. The van der Waals surface area contributed by atoms with Crippen LogP contribution in [0.15, 0.2) is 30.3 Å². The molecule has 0 saturated carbocycles. The van der Waals surface area contributed by atoms with Gasteiger partial charge >= 0.3 is 0 Å². The van der Waals surface area contributed by atoms with Crippen LogP contribution in [0.1, 0.15) is 0 Å². The van der Waals surface area contributed by atoms with Crippen molar-refractivity contribution in [3.63, 3.8) is 0 Å². The predicted octanol–water partition coefficient (Wildman–Crippen LogP) is 3.27. The van der Waals surface area contributed by atoms with Crippen LogP contribution in [0.5, 0.6) is 5.75 Å². The van der Waals surface area contributed by atoms with Gasteiger partial charge in [0.25, 0.3) is 0 Å². The van der Waals surface area contributed by atoms with Crippen molar-refractivity contribution in [2.75, 3.05) is 19.0 Å². The number of anilines is 1. The van der Waals surface area contributed by atoms with Crippen LogP contribution < -0.4 is 4.90 Å². The molecular weight excluding hydrogens is 277 g/mol. The van der Waals surface area contributed by atoms with Crippen molar-refractivity contribution in [3.8, 4) is 16.3 Å². The molecule has 3 aromatic rings. The number of phenolic OH excluding ortho intramolecular Hbond substituents is 1. The van der Waals surface area contributed by atoms with E-state index in [2.05, 4.69) is 9.97 Å². The molecule has 0 fully saturated rings. The van der Waals surface area contributed by atoms with Gasteiger partial charge < -0.3 is 10.0 Å². The van der Waals surface area contributed by atoms with Crippen molar-refractivity contribution in [3.05, 3.63) is 36.3 Å². The minimum atomic E-state index is -0.515. The topological polar surface area (TPSA) is 49.2 Å². The lowest BCUT2D eigenvalue weighted by Gasteiger charge is -2.14. The molecule has 0 amide bonds. The zero-order valence-electron chi connectivity index (χ0n) is 11.0. The van der Waals surface area contributed by atoms with Gasteiger partial charge in [0, 0.05) is 19.7 Å². The van der Waals surface area contributed by atoms with Crippen LogP contribution >= 0.6 is 11.3 Å². The van der Waals surface area contributed by atoms with Gasteiger partial charge in [0.2, 0.25) is 5.95 Å². The first-order valence-electron chi connectivity index (χ1n) is 5.98. The van der Waals surface area contributed by atoms with Crippen LogP contribution in [0.25, 0.3) is 20.9 Å². The summed E-state index contributed by atoms with van der Waals surface area (Å²) in [5.74, 6) is -0.329. The maximum absolute atomic E-state index is 13.1. The number of aromatic nitrogens is 2. The van der Waals surface area contributed by atoms with Gasteiger partial charge in [-0.15, -0.1) is 0 Å². The molecule has 1 N–H and O–H groups in total. The number of pyridine rings is 1. The molecule has 4 nitrogen and oxygen atoms in total. The molecule has 0 saturated heterocycles. The van der Waals surface area contributed by atoms with Crippen LogP contribution in [-0.4, -0.2) is 29.2 Å². The monoisotopic (exact) mass is 289 g/mol. The largest absolute Gasteiger partial charge is 0.506 e. The average molecular weight is 289 g/mol. The van der Waals surface area contributed by atoms with Crippen molar-refractivity contribution in [1.82, 2.24) is 9.97 Å². The Kier molecular flexibility index (Phi) is 3.02. The van der Waals surface area contributed by atoms with Crippen molar-refractivity contribution < 1.29 is 9.50 Å². The zero-order chi connectivity index (χ0) is 14.3. The van der Waals surface area contributed by atoms with Gasteiger partial charge in [-0.1, -0.05) is 11.3 Å². The highest BCUT2D eigenvalue weighted by atomic mass is 32.1. The second-order valence-corrected chi connectivity index (χ2v) is 5.55. The fourth-order valence-corrected chi connectivity index (χ4v) is 2.88. The third-order valence-corrected chi connectivity index (χ3v) is 3.94. The molecule has 0 atom stereocenters. The lowest BCUT2D eigenvalue weighted by atomic mass is 10.2. The molecule has 3 rings (SSSR count). The number of halogens is 1. The van der Waals surface area contributed by atoms with Crippen LogP contribution in [0, 0.1) is 5.95 Å². The number of phenols is 1. The number of aromatic hydroxyl groups is 1. The van der Waals surface area contributed by atoms with Gasteiger partial charge in [0.15, 0.2) is 0 Å². The predicted molar refractivity (Wildman–Crippen MR) is 78.8 cm³/mol. The van der Waals surface area contributed by atoms with Gasteiger partial charge in [-0.2, -0.15) is 4.39 Å². The average Bonchev–Trinajstić information content (AvgIpc) is 2.81. The Balaban J connectivity index is 2.08. The summed E-state index contributed by atoms with van der Waals surface area (Å²) in [5, 5.41) is 10.7. The summed E-state index contributed by atoms with van der Waals surface area (Å²) in [4.78, 5) is 10.6. The molecular formula is C14H12FN3OS. The van der Waals surface area contributed by atoms with Crippen molar-refractivity contribution >= 4 is 27.4 Å². The minimum absolute atomic E-state index is 0.186. The highest BCUT2D eigenvalue weighted by molar-refractivity contribution is 7.21. The van der Waals surface area contributed by atoms with Crippen LogP contribution in [-0.2, 0) is 0 Å². The van der Waals surface area contributed by atoms with Crippen LogP contribution in [0.2, 0.25) is 0 Å². The van der Waals surface area contributed by atoms with Crippen molar-refractivity contribution in [1.29, 1.82) is 0 Å². The molecule has 6 heteroatoms. The maximum atomic E-state index is 13.1. The van der Waals surface area contributed by atoms with Gasteiger partial charge in [-0.25, -0.2) is 9.97 Å². The summed E-state index contributed by atoms with van der Waals surface area (Å²) >= 11 is 1.30. The standard InChI is InChI=1S/C14H12FN3OS/c1-18(2)10-5-3-8(7-11(10)19)13-16-9-4-6-12(15)17-14(9)20-13/h3-7,19H,1-2H3. The molecule has 2 heterocycles. The lowest BCUT2D eigenvalue weighted by molar-refractivity contribution is 0.476. The van der Waals surface area contributed by atoms with Crippen LogP contribution in [0.4, 0.5) is 10.1 Å². The Bertz CT molecular complexity index is 785. The van der Waals surface area contributed by atoms with Crippen molar-refractivity contribution in [2.45, 2.75) is 0 Å². The Morgan fingerprint density at radius 3 is 2.65 bits per heavy atom. The van der Waals surface area contributed by atoms with Gasteiger partial charge in [0.05, 0.1) is 5.69 Å². The maximum Gasteiger partial charge on any atom is 0.214 e. The number of nitrogens with zero attached hydrogens (tertiary/aromatic N) is 3. The van der Waals surface area contributed by atoms with E-state index in [4.69, 9.17) is 0 Å². The first-order valence-corrected chi connectivity index (χ1v) is 6.80. The smallest absolute Gasteiger partial charge is 0.214 e. The van der Waals surface area contributed by atoms with Gasteiger partial charge in [0.1, 0.15) is 21.1 Å². The Morgan fingerprint density at radius 2 is 1.95 bits per heavy atom. The fraction of sp³-hybridized carbons (Fsp3) is 0.143. The van der Waals surface area contributed by atoms with E-state index >= 15 is 0 Å². The number of benzene rings is 1. The molecule has 1 aromatic carbocycles. The Hall–Kier alpha value is -2.21. The third kappa shape index (κ3) is 2.18. The first kappa shape index (κ1) is 12.8. The Morgan fingerprint density at radius 1 is 1.15 bits per heavy atom. The number of hydrogen-bond donors (Lipinski definition) is 1. The summed E-state index contributed by atoms with van der Waals surface area (Å²) in [7, 11) is 3.72. The zero-order valence-corrected chi connectivity index (χ0v) is 11.8. The Labute approximate surface area is 119 Å². The van der Waals surface area contributed by atoms with E-state index < -0.39 is 5.95 Å². The van der Waals surface area contributed by atoms with E-state index in [1.807, 2.05) is 31.1 Å². The quantitative estimate of drug-likeness (QED) is 0.736. The molecule has 0 unspecified atom stereocenters. The third-order valence-electron chi connectivity index (χ3n) is 2.93. The van der Waals surface area contributed by atoms with Gasteiger partial charge in [-0.05, 0) is 30.3 Å². The molecule has 0 bridgehead atoms. The molecule has 0 spiro atoms. The highest BCUT2D eigenvalue weighted by Gasteiger charge is 2.11. The molecule has 0 radical (unpaired) electrons. The lowest BCUT2D eigenvalue weighted by Crippen LogP contribution is -2.08. The second kappa shape index (κ2) is 4.72. The van der Waals surface area contributed by atoms with E-state index in [-0.39, 0.29) is 5.75 Å². The molecule has 0 aliphatic rings. The molecule has 0 aliphatic heterocycles. The number of thiazole rings is 1. The summed E-state index contributed by atoms with van der Waals surface area (Å²) in [5.41, 5.74) is 2.18. The molecule has 0 aliphatic carbocycles. The molecule has 2 aromatic heterocycles. The summed E-state index contributed by atoms with van der Waals surface area (Å²) in [6.45, 7) is 0. The van der Waals surface area contributed by atoms with E-state index in [1.165, 1.54) is 17.4 Å². The number of fused-ring (bicyclic) bond motifs is 1. The summed E-state index contributed by atoms with van der Waals surface area (Å²) < 4.78 is 13.1. The molecule has 102 valence electrons. The highest BCUT2D eigenvalue weighted by Crippen LogP contribution is 2.34. The first-order chi connectivity index (χ1) is 9.54. The normalized spacial score (nSPS) is 10.9. The van der Waals surface area contributed by atoms with E-state index in [0.29, 0.717) is 15.4 Å². The fourth-order valence-electron chi connectivity index (χ4n) is 1.95. The van der Waals surface area contributed by atoms with Crippen molar-refractivity contribution in [2.24, 2.45) is 0 Å². The number of hydrogen-bond acceptors (Lipinski definition) is 5. The van der Waals surface area contributed by atoms with E-state index in [1.54, 1.807) is 12.1 Å². The summed E-state index contributed by atoms with van der Waals surface area (Å²) in [6, 6.07) is 8.25.